The number of hydrogen-bond acceptors (Lipinski definition) is 4. The number of nitrogens with one attached hydrogen (secondary N) is 1. The number of aromatic nitrogens is 2. The number of halogens is 1. The summed E-state index contributed by atoms with van der Waals surface area (Å²) in [5.74, 6) is 0.213. The maximum absolute atomic E-state index is 13.2. The molecular formula is C19H18FN3O2. The minimum Gasteiger partial charge on any atom is -0.352 e. The van der Waals surface area contributed by atoms with Crippen molar-refractivity contribution in [2.75, 3.05) is 0 Å². The molecule has 1 heterocycles. The quantitative estimate of drug-likeness (QED) is 0.747. The lowest BCUT2D eigenvalue weighted by molar-refractivity contribution is -0.121. The molecule has 0 aliphatic rings. The second-order valence-electron chi connectivity index (χ2n) is 5.78. The van der Waals surface area contributed by atoms with E-state index in [9.17, 15) is 9.18 Å². The van der Waals surface area contributed by atoms with E-state index in [1.54, 1.807) is 12.1 Å². The molecule has 3 rings (SSSR count). The molecule has 0 atom stereocenters. The Morgan fingerprint density at radius 2 is 2.00 bits per heavy atom. The standard InChI is InChI=1S/C19H18FN3O2/c1-13-5-7-14(8-6-13)12-21-17(24)9-10-18-22-19(23-25-18)15-3-2-4-16(20)11-15/h2-8,11H,9-10,12H2,1H3,(H,21,24). The van der Waals surface area contributed by atoms with Crippen LogP contribution in [0.1, 0.15) is 23.4 Å². The van der Waals surface area contributed by atoms with E-state index in [0.717, 1.165) is 5.56 Å². The lowest BCUT2D eigenvalue weighted by Crippen LogP contribution is -2.23. The molecule has 25 heavy (non-hydrogen) atoms. The lowest BCUT2D eigenvalue weighted by atomic mass is 10.1. The molecule has 0 bridgehead atoms. The fourth-order valence-corrected chi connectivity index (χ4v) is 2.32. The molecule has 3 aromatic rings. The average Bonchev–Trinajstić information content (AvgIpc) is 3.08. The molecule has 128 valence electrons. The largest absolute Gasteiger partial charge is 0.352 e. The third kappa shape index (κ3) is 4.73. The van der Waals surface area contributed by atoms with Gasteiger partial charge < -0.3 is 9.84 Å². The van der Waals surface area contributed by atoms with Gasteiger partial charge in [0.25, 0.3) is 0 Å². The number of rotatable bonds is 6. The Balaban J connectivity index is 1.50. The fraction of sp³-hybridized carbons (Fsp3) is 0.211. The van der Waals surface area contributed by atoms with Crippen molar-refractivity contribution in [2.45, 2.75) is 26.3 Å². The van der Waals surface area contributed by atoms with E-state index < -0.39 is 0 Å². The van der Waals surface area contributed by atoms with Crippen LogP contribution in [0.2, 0.25) is 0 Å². The predicted octanol–water partition coefficient (Wildman–Crippen LogP) is 3.43. The van der Waals surface area contributed by atoms with Crippen LogP contribution in [0.3, 0.4) is 0 Å². The van der Waals surface area contributed by atoms with Crippen molar-refractivity contribution in [3.05, 3.63) is 71.4 Å². The lowest BCUT2D eigenvalue weighted by Gasteiger charge is -2.04. The summed E-state index contributed by atoms with van der Waals surface area (Å²) in [5, 5.41) is 6.68. The Kier molecular flexibility index (Phi) is 5.18. The number of nitrogens with zero attached hydrogens (tertiary/aromatic N) is 2. The number of carbonyl (C=O) groups excluding carboxylic acids is 1. The van der Waals surface area contributed by atoms with Gasteiger partial charge >= 0.3 is 0 Å². The van der Waals surface area contributed by atoms with E-state index in [2.05, 4.69) is 15.5 Å². The monoisotopic (exact) mass is 339 g/mol. The van der Waals surface area contributed by atoms with Crippen LogP contribution in [0, 0.1) is 12.7 Å². The van der Waals surface area contributed by atoms with Crippen LogP contribution in [-0.2, 0) is 17.8 Å². The molecule has 6 heteroatoms. The van der Waals surface area contributed by atoms with E-state index in [1.807, 2.05) is 31.2 Å². The van der Waals surface area contributed by atoms with Crippen LogP contribution in [-0.4, -0.2) is 16.0 Å². The van der Waals surface area contributed by atoms with Gasteiger partial charge in [-0.15, -0.1) is 0 Å². The van der Waals surface area contributed by atoms with Gasteiger partial charge in [0.1, 0.15) is 5.82 Å². The highest BCUT2D eigenvalue weighted by molar-refractivity contribution is 5.76. The Hall–Kier alpha value is -3.02. The van der Waals surface area contributed by atoms with Crippen molar-refractivity contribution >= 4 is 5.91 Å². The molecule has 0 aliphatic carbocycles. The maximum atomic E-state index is 13.2. The van der Waals surface area contributed by atoms with Gasteiger partial charge in [-0.2, -0.15) is 4.98 Å². The van der Waals surface area contributed by atoms with E-state index in [4.69, 9.17) is 4.52 Å². The first-order chi connectivity index (χ1) is 12.1. The molecule has 2 aromatic carbocycles. The van der Waals surface area contributed by atoms with Crippen LogP contribution in [0.25, 0.3) is 11.4 Å². The SMILES string of the molecule is Cc1ccc(CNC(=O)CCc2nc(-c3cccc(F)c3)no2)cc1. The van der Waals surface area contributed by atoms with Crippen LogP contribution in [0.4, 0.5) is 4.39 Å². The summed E-state index contributed by atoms with van der Waals surface area (Å²) in [5.41, 5.74) is 2.77. The Labute approximate surface area is 144 Å². The zero-order valence-corrected chi connectivity index (χ0v) is 13.8. The van der Waals surface area contributed by atoms with Gasteiger partial charge in [0.2, 0.25) is 17.6 Å². The van der Waals surface area contributed by atoms with Gasteiger partial charge in [-0.3, -0.25) is 4.79 Å². The first-order valence-electron chi connectivity index (χ1n) is 8.01. The minimum atomic E-state index is -0.362. The third-order valence-electron chi connectivity index (χ3n) is 3.73. The van der Waals surface area contributed by atoms with Gasteiger partial charge in [-0.25, -0.2) is 4.39 Å². The highest BCUT2D eigenvalue weighted by Gasteiger charge is 2.11. The zero-order valence-electron chi connectivity index (χ0n) is 13.8. The summed E-state index contributed by atoms with van der Waals surface area (Å²) >= 11 is 0. The molecule has 1 aromatic heterocycles. The summed E-state index contributed by atoms with van der Waals surface area (Å²) in [6, 6.07) is 14.0. The Morgan fingerprint density at radius 1 is 1.20 bits per heavy atom. The second-order valence-corrected chi connectivity index (χ2v) is 5.78. The zero-order chi connectivity index (χ0) is 17.6. The van der Waals surface area contributed by atoms with E-state index in [0.29, 0.717) is 30.2 Å². The van der Waals surface area contributed by atoms with Gasteiger partial charge in [0.15, 0.2) is 0 Å². The van der Waals surface area contributed by atoms with Crippen molar-refractivity contribution in [2.24, 2.45) is 0 Å². The van der Waals surface area contributed by atoms with Crippen molar-refractivity contribution in [1.29, 1.82) is 0 Å². The van der Waals surface area contributed by atoms with Crippen molar-refractivity contribution in [3.63, 3.8) is 0 Å². The number of carbonyl (C=O) groups is 1. The van der Waals surface area contributed by atoms with Gasteiger partial charge in [-0.05, 0) is 24.6 Å². The van der Waals surface area contributed by atoms with Crippen molar-refractivity contribution in [1.82, 2.24) is 15.5 Å². The Morgan fingerprint density at radius 3 is 2.76 bits per heavy atom. The van der Waals surface area contributed by atoms with Crippen LogP contribution in [0.15, 0.2) is 53.1 Å². The third-order valence-corrected chi connectivity index (χ3v) is 3.73. The van der Waals surface area contributed by atoms with Crippen LogP contribution < -0.4 is 5.32 Å². The number of benzene rings is 2. The Bertz CT molecular complexity index is 859. The summed E-state index contributed by atoms with van der Waals surface area (Å²) < 4.78 is 18.3. The van der Waals surface area contributed by atoms with Gasteiger partial charge in [0, 0.05) is 24.9 Å². The molecule has 5 nitrogen and oxygen atoms in total. The molecule has 1 N–H and O–H groups in total. The summed E-state index contributed by atoms with van der Waals surface area (Å²) in [6.07, 6.45) is 0.582. The molecule has 0 radical (unpaired) electrons. The summed E-state index contributed by atoms with van der Waals surface area (Å²) in [7, 11) is 0. The molecule has 0 unspecified atom stereocenters. The minimum absolute atomic E-state index is 0.0916. The average molecular weight is 339 g/mol. The van der Waals surface area contributed by atoms with E-state index in [1.165, 1.54) is 17.7 Å². The number of amides is 1. The molecular weight excluding hydrogens is 321 g/mol. The van der Waals surface area contributed by atoms with E-state index >= 15 is 0 Å². The fourth-order valence-electron chi connectivity index (χ4n) is 2.32. The second kappa shape index (κ2) is 7.70. The highest BCUT2D eigenvalue weighted by Crippen LogP contribution is 2.17. The topological polar surface area (TPSA) is 68.0 Å². The number of hydrogen-bond donors (Lipinski definition) is 1. The van der Waals surface area contributed by atoms with Crippen LogP contribution in [0.5, 0.6) is 0 Å². The molecule has 1 amide bonds. The summed E-state index contributed by atoms with van der Waals surface area (Å²) in [4.78, 5) is 16.1. The highest BCUT2D eigenvalue weighted by atomic mass is 19.1. The predicted molar refractivity (Wildman–Crippen MR) is 91.0 cm³/mol. The van der Waals surface area contributed by atoms with Gasteiger partial charge in [0.05, 0.1) is 0 Å². The molecule has 0 fully saturated rings. The molecule has 0 saturated carbocycles. The van der Waals surface area contributed by atoms with Crippen molar-refractivity contribution in [3.8, 4) is 11.4 Å². The molecule has 0 aliphatic heterocycles. The number of aryl methyl sites for hydroxylation is 2. The van der Waals surface area contributed by atoms with Crippen LogP contribution >= 0.6 is 0 Å². The maximum Gasteiger partial charge on any atom is 0.227 e. The molecule has 0 saturated heterocycles. The normalized spacial score (nSPS) is 10.6. The van der Waals surface area contributed by atoms with Crippen molar-refractivity contribution < 1.29 is 13.7 Å². The smallest absolute Gasteiger partial charge is 0.227 e. The summed E-state index contributed by atoms with van der Waals surface area (Å²) in [6.45, 7) is 2.50. The van der Waals surface area contributed by atoms with Gasteiger partial charge in [-0.1, -0.05) is 47.1 Å². The van der Waals surface area contributed by atoms with E-state index in [-0.39, 0.29) is 18.1 Å². The molecule has 0 spiro atoms. The first kappa shape index (κ1) is 16.8. The first-order valence-corrected chi connectivity index (χ1v) is 8.01.